The molecule has 0 atom stereocenters. The zero-order valence-electron chi connectivity index (χ0n) is 14.6. The van der Waals surface area contributed by atoms with Gasteiger partial charge in [0.1, 0.15) is 11.5 Å². The van der Waals surface area contributed by atoms with Gasteiger partial charge in [0.05, 0.1) is 6.21 Å². The number of carbonyl (C=O) groups is 2. The highest BCUT2D eigenvalue weighted by atomic mass is 16.5. The first-order valence-electron chi connectivity index (χ1n) is 7.91. The number of carboxylic acids is 1. The number of hydrogen-bond donors (Lipinski definition) is 2. The van der Waals surface area contributed by atoms with Crippen LogP contribution in [0, 0.1) is 13.8 Å². The number of aryl methyl sites for hydroxylation is 2. The second kappa shape index (κ2) is 9.22. The van der Waals surface area contributed by atoms with Crippen molar-refractivity contribution in [1.29, 1.82) is 0 Å². The molecule has 0 saturated heterocycles. The van der Waals surface area contributed by atoms with E-state index in [-0.39, 0.29) is 6.61 Å². The first-order chi connectivity index (χ1) is 12.5. The molecule has 0 fully saturated rings. The minimum absolute atomic E-state index is 0.168. The second-order valence-electron chi connectivity index (χ2n) is 5.57. The van der Waals surface area contributed by atoms with Crippen LogP contribution in [0.4, 0.5) is 0 Å². The Morgan fingerprint density at radius 1 is 1.08 bits per heavy atom. The molecule has 0 unspecified atom stereocenters. The Morgan fingerprint density at radius 2 is 1.81 bits per heavy atom. The van der Waals surface area contributed by atoms with Crippen LogP contribution in [-0.4, -0.2) is 36.4 Å². The number of ether oxygens (including phenoxy) is 2. The minimum Gasteiger partial charge on any atom is -0.483 e. The lowest BCUT2D eigenvalue weighted by atomic mass is 10.1. The average molecular weight is 356 g/mol. The van der Waals surface area contributed by atoms with Gasteiger partial charge >= 0.3 is 5.97 Å². The highest BCUT2D eigenvalue weighted by Gasteiger charge is 2.06. The number of aliphatic carboxylic acids is 1. The maximum Gasteiger partial charge on any atom is 0.341 e. The third-order valence-electron chi connectivity index (χ3n) is 3.35. The van der Waals surface area contributed by atoms with Crippen molar-refractivity contribution in [3.05, 3.63) is 59.2 Å². The van der Waals surface area contributed by atoms with E-state index in [2.05, 4.69) is 10.5 Å². The number of amides is 1. The van der Waals surface area contributed by atoms with Crippen molar-refractivity contribution in [2.75, 3.05) is 13.2 Å². The second-order valence-corrected chi connectivity index (χ2v) is 5.57. The van der Waals surface area contributed by atoms with Crippen molar-refractivity contribution >= 4 is 18.1 Å². The predicted octanol–water partition coefficient (Wildman–Crippen LogP) is 2.30. The third-order valence-corrected chi connectivity index (χ3v) is 3.35. The van der Waals surface area contributed by atoms with Gasteiger partial charge in [0.2, 0.25) is 0 Å². The molecular weight excluding hydrogens is 336 g/mol. The summed E-state index contributed by atoms with van der Waals surface area (Å²) in [6, 6.07) is 12.5. The Morgan fingerprint density at radius 3 is 2.54 bits per heavy atom. The fraction of sp³-hybridized carbons (Fsp3) is 0.211. The SMILES string of the molecule is Cc1ccc(OCC(=O)N/N=C\c2ccccc2OCC(=O)O)c(C)c1. The van der Waals surface area contributed by atoms with E-state index < -0.39 is 18.5 Å². The Kier molecular flexibility index (Phi) is 6.73. The molecule has 0 bridgehead atoms. The van der Waals surface area contributed by atoms with Crippen LogP contribution in [0.25, 0.3) is 0 Å². The average Bonchev–Trinajstić information content (AvgIpc) is 2.60. The number of para-hydroxylation sites is 1. The fourth-order valence-corrected chi connectivity index (χ4v) is 2.17. The van der Waals surface area contributed by atoms with Gasteiger partial charge in [-0.2, -0.15) is 5.10 Å². The van der Waals surface area contributed by atoms with Gasteiger partial charge in [-0.25, -0.2) is 10.2 Å². The van der Waals surface area contributed by atoms with Gasteiger partial charge in [-0.15, -0.1) is 0 Å². The summed E-state index contributed by atoms with van der Waals surface area (Å²) in [4.78, 5) is 22.4. The lowest BCUT2D eigenvalue weighted by molar-refractivity contribution is -0.139. The molecule has 0 radical (unpaired) electrons. The largest absolute Gasteiger partial charge is 0.483 e. The van der Waals surface area contributed by atoms with Crippen LogP contribution in [-0.2, 0) is 9.59 Å². The molecule has 26 heavy (non-hydrogen) atoms. The van der Waals surface area contributed by atoms with E-state index in [0.717, 1.165) is 11.1 Å². The van der Waals surface area contributed by atoms with Crippen LogP contribution in [0.5, 0.6) is 11.5 Å². The molecular formula is C19H20N2O5. The predicted molar refractivity (Wildman–Crippen MR) is 96.7 cm³/mol. The summed E-state index contributed by atoms with van der Waals surface area (Å²) < 4.78 is 10.6. The quantitative estimate of drug-likeness (QED) is 0.559. The Balaban J connectivity index is 1.88. The number of nitrogens with zero attached hydrogens (tertiary/aromatic N) is 1. The summed E-state index contributed by atoms with van der Waals surface area (Å²) in [5.74, 6) is -0.486. The molecule has 1 amide bonds. The molecule has 2 aromatic carbocycles. The van der Waals surface area contributed by atoms with E-state index in [1.54, 1.807) is 24.3 Å². The van der Waals surface area contributed by atoms with Gasteiger partial charge in [-0.1, -0.05) is 29.8 Å². The molecule has 2 aromatic rings. The minimum atomic E-state index is -1.08. The number of carboxylic acid groups (broad SMARTS) is 1. The van der Waals surface area contributed by atoms with E-state index >= 15 is 0 Å². The molecule has 0 aromatic heterocycles. The van der Waals surface area contributed by atoms with Gasteiger partial charge in [-0.3, -0.25) is 4.79 Å². The topological polar surface area (TPSA) is 97.2 Å². The number of rotatable bonds is 8. The Labute approximate surface area is 151 Å². The van der Waals surface area contributed by atoms with E-state index in [1.807, 2.05) is 32.0 Å². The zero-order valence-corrected chi connectivity index (χ0v) is 14.6. The summed E-state index contributed by atoms with van der Waals surface area (Å²) in [5, 5.41) is 12.5. The number of hydrogen-bond acceptors (Lipinski definition) is 5. The van der Waals surface area contributed by atoms with Gasteiger partial charge in [0.15, 0.2) is 13.2 Å². The molecule has 0 aliphatic heterocycles. The lowest BCUT2D eigenvalue weighted by Gasteiger charge is -2.09. The van der Waals surface area contributed by atoms with Gasteiger partial charge in [-0.05, 0) is 37.6 Å². The molecule has 0 spiro atoms. The Hall–Kier alpha value is -3.35. The molecule has 0 aliphatic carbocycles. The molecule has 2 rings (SSSR count). The van der Waals surface area contributed by atoms with Crippen LogP contribution < -0.4 is 14.9 Å². The molecule has 7 nitrogen and oxygen atoms in total. The number of benzene rings is 2. The Bertz CT molecular complexity index is 817. The van der Waals surface area contributed by atoms with E-state index in [4.69, 9.17) is 14.6 Å². The highest BCUT2D eigenvalue weighted by molar-refractivity contribution is 5.85. The van der Waals surface area contributed by atoms with Crippen molar-refractivity contribution < 1.29 is 24.2 Å². The maximum absolute atomic E-state index is 11.8. The smallest absolute Gasteiger partial charge is 0.341 e. The van der Waals surface area contributed by atoms with Crippen molar-refractivity contribution in [1.82, 2.24) is 5.43 Å². The third kappa shape index (κ3) is 5.94. The molecule has 0 aliphatic rings. The standard InChI is InChI=1S/C19H20N2O5/c1-13-7-8-16(14(2)9-13)25-11-18(22)21-20-10-15-5-3-4-6-17(15)26-12-19(23)24/h3-10H,11-12H2,1-2H3,(H,21,22)(H,23,24)/b20-10-. The zero-order chi connectivity index (χ0) is 18.9. The van der Waals surface area contributed by atoms with Crippen LogP contribution in [0.3, 0.4) is 0 Å². The first kappa shape index (κ1) is 19.0. The number of hydrazone groups is 1. The van der Waals surface area contributed by atoms with Crippen LogP contribution in [0.15, 0.2) is 47.6 Å². The number of carbonyl (C=O) groups excluding carboxylic acids is 1. The van der Waals surface area contributed by atoms with Crippen LogP contribution in [0.1, 0.15) is 16.7 Å². The molecule has 2 N–H and O–H groups in total. The highest BCUT2D eigenvalue weighted by Crippen LogP contribution is 2.18. The fourth-order valence-electron chi connectivity index (χ4n) is 2.17. The van der Waals surface area contributed by atoms with Gasteiger partial charge in [0, 0.05) is 5.56 Å². The van der Waals surface area contributed by atoms with E-state index in [0.29, 0.717) is 17.1 Å². The monoisotopic (exact) mass is 356 g/mol. The summed E-state index contributed by atoms with van der Waals surface area (Å²) in [6.07, 6.45) is 1.38. The van der Waals surface area contributed by atoms with E-state index in [1.165, 1.54) is 6.21 Å². The maximum atomic E-state index is 11.8. The lowest BCUT2D eigenvalue weighted by Crippen LogP contribution is -2.24. The molecule has 0 heterocycles. The summed E-state index contributed by atoms with van der Waals surface area (Å²) in [5.41, 5.74) is 4.97. The van der Waals surface area contributed by atoms with Gasteiger partial charge in [0.25, 0.3) is 5.91 Å². The first-order valence-corrected chi connectivity index (χ1v) is 7.91. The summed E-state index contributed by atoms with van der Waals surface area (Å²) in [7, 11) is 0. The molecule has 136 valence electrons. The summed E-state index contributed by atoms with van der Waals surface area (Å²) >= 11 is 0. The van der Waals surface area contributed by atoms with Crippen molar-refractivity contribution in [3.8, 4) is 11.5 Å². The number of nitrogens with one attached hydrogen (secondary N) is 1. The summed E-state index contributed by atoms with van der Waals surface area (Å²) in [6.45, 7) is 3.27. The van der Waals surface area contributed by atoms with Gasteiger partial charge < -0.3 is 14.6 Å². The molecule has 7 heteroatoms. The molecule has 0 saturated carbocycles. The van der Waals surface area contributed by atoms with Crippen molar-refractivity contribution in [2.45, 2.75) is 13.8 Å². The normalized spacial score (nSPS) is 10.5. The van der Waals surface area contributed by atoms with Crippen LogP contribution in [0.2, 0.25) is 0 Å². The van der Waals surface area contributed by atoms with Crippen LogP contribution >= 0.6 is 0 Å². The van der Waals surface area contributed by atoms with E-state index in [9.17, 15) is 9.59 Å². The van der Waals surface area contributed by atoms with Crippen molar-refractivity contribution in [3.63, 3.8) is 0 Å². The van der Waals surface area contributed by atoms with Crippen molar-refractivity contribution in [2.24, 2.45) is 5.10 Å².